The van der Waals surface area contributed by atoms with Crippen molar-refractivity contribution in [1.29, 1.82) is 0 Å². The SMILES string of the molecule is Fc1ccc(C2=Nn3c(nnc3-c3cccc(Cl)c3)SC2)cc1. The Labute approximate surface area is 141 Å². The molecule has 0 bridgehead atoms. The molecule has 1 aromatic heterocycles. The molecular weight excluding hydrogens is 335 g/mol. The molecule has 0 saturated heterocycles. The second kappa shape index (κ2) is 5.79. The first kappa shape index (κ1) is 14.4. The van der Waals surface area contributed by atoms with Gasteiger partial charge in [0.05, 0.1) is 5.71 Å². The first-order valence-corrected chi connectivity index (χ1v) is 8.25. The zero-order valence-corrected chi connectivity index (χ0v) is 13.4. The molecule has 23 heavy (non-hydrogen) atoms. The molecule has 0 amide bonds. The molecule has 0 radical (unpaired) electrons. The largest absolute Gasteiger partial charge is 0.212 e. The zero-order chi connectivity index (χ0) is 15.8. The molecule has 4 rings (SSSR count). The fourth-order valence-electron chi connectivity index (χ4n) is 2.32. The van der Waals surface area contributed by atoms with Crippen LogP contribution in [0, 0.1) is 5.82 Å². The van der Waals surface area contributed by atoms with E-state index in [9.17, 15) is 4.39 Å². The van der Waals surface area contributed by atoms with E-state index in [1.165, 1.54) is 12.1 Å². The van der Waals surface area contributed by atoms with Crippen molar-refractivity contribution >= 4 is 29.1 Å². The number of hydrogen-bond acceptors (Lipinski definition) is 4. The average molecular weight is 345 g/mol. The van der Waals surface area contributed by atoms with E-state index >= 15 is 0 Å². The van der Waals surface area contributed by atoms with E-state index in [1.54, 1.807) is 34.6 Å². The standard InChI is InChI=1S/C16H10ClFN4S/c17-12-3-1-2-11(8-12)15-19-20-16-22(15)21-14(9-23-16)10-4-6-13(18)7-5-10/h1-8H,9H2. The molecule has 0 atom stereocenters. The molecule has 0 spiro atoms. The van der Waals surface area contributed by atoms with Crippen LogP contribution in [0.5, 0.6) is 0 Å². The van der Waals surface area contributed by atoms with Gasteiger partial charge in [0, 0.05) is 16.3 Å². The van der Waals surface area contributed by atoms with Crippen LogP contribution in [0.3, 0.4) is 0 Å². The van der Waals surface area contributed by atoms with Crippen molar-refractivity contribution in [3.8, 4) is 11.4 Å². The predicted molar refractivity (Wildman–Crippen MR) is 89.5 cm³/mol. The first-order chi connectivity index (χ1) is 11.2. The van der Waals surface area contributed by atoms with Crippen LogP contribution >= 0.6 is 23.4 Å². The lowest BCUT2D eigenvalue weighted by molar-refractivity contribution is 0.627. The molecule has 114 valence electrons. The topological polar surface area (TPSA) is 43.1 Å². The van der Waals surface area contributed by atoms with Crippen molar-refractivity contribution in [2.75, 3.05) is 5.75 Å². The Morgan fingerprint density at radius 2 is 1.87 bits per heavy atom. The van der Waals surface area contributed by atoms with Crippen molar-refractivity contribution in [2.24, 2.45) is 5.10 Å². The lowest BCUT2D eigenvalue weighted by Crippen LogP contribution is -2.13. The highest BCUT2D eigenvalue weighted by atomic mass is 35.5. The molecule has 1 aliphatic heterocycles. The first-order valence-electron chi connectivity index (χ1n) is 6.89. The van der Waals surface area contributed by atoms with E-state index in [2.05, 4.69) is 15.3 Å². The van der Waals surface area contributed by atoms with Gasteiger partial charge < -0.3 is 0 Å². The average Bonchev–Trinajstić information content (AvgIpc) is 2.98. The van der Waals surface area contributed by atoms with E-state index < -0.39 is 0 Å². The third kappa shape index (κ3) is 2.75. The maximum atomic E-state index is 13.1. The Morgan fingerprint density at radius 3 is 2.65 bits per heavy atom. The lowest BCUT2D eigenvalue weighted by atomic mass is 10.1. The van der Waals surface area contributed by atoms with Gasteiger partial charge in [-0.25, -0.2) is 4.39 Å². The molecule has 0 aliphatic carbocycles. The Kier molecular flexibility index (Phi) is 3.63. The van der Waals surface area contributed by atoms with Gasteiger partial charge in [-0.3, -0.25) is 0 Å². The van der Waals surface area contributed by atoms with E-state index in [1.807, 2.05) is 18.2 Å². The molecule has 1 aliphatic rings. The summed E-state index contributed by atoms with van der Waals surface area (Å²) in [5.74, 6) is 1.04. The highest BCUT2D eigenvalue weighted by Gasteiger charge is 2.20. The van der Waals surface area contributed by atoms with E-state index in [0.29, 0.717) is 16.6 Å². The number of halogens is 2. The third-order valence-electron chi connectivity index (χ3n) is 3.43. The van der Waals surface area contributed by atoms with Crippen molar-refractivity contribution < 1.29 is 4.39 Å². The molecule has 2 heterocycles. The van der Waals surface area contributed by atoms with Crippen LogP contribution in [0.25, 0.3) is 11.4 Å². The number of fused-ring (bicyclic) bond motifs is 1. The highest BCUT2D eigenvalue weighted by Crippen LogP contribution is 2.29. The zero-order valence-electron chi connectivity index (χ0n) is 11.8. The Bertz CT molecular complexity index is 905. The number of rotatable bonds is 2. The van der Waals surface area contributed by atoms with Crippen LogP contribution in [-0.2, 0) is 0 Å². The summed E-state index contributed by atoms with van der Waals surface area (Å²) in [6.45, 7) is 0. The van der Waals surface area contributed by atoms with Crippen LogP contribution in [-0.4, -0.2) is 26.3 Å². The van der Waals surface area contributed by atoms with Gasteiger partial charge in [-0.1, -0.05) is 47.6 Å². The summed E-state index contributed by atoms with van der Waals surface area (Å²) in [5.41, 5.74) is 2.59. The van der Waals surface area contributed by atoms with Crippen LogP contribution < -0.4 is 0 Å². The van der Waals surface area contributed by atoms with Gasteiger partial charge in [0.1, 0.15) is 5.82 Å². The quantitative estimate of drug-likeness (QED) is 0.703. The summed E-state index contributed by atoms with van der Waals surface area (Å²) in [4.78, 5) is 0. The number of nitrogens with zero attached hydrogens (tertiary/aromatic N) is 4. The molecule has 0 fully saturated rings. The third-order valence-corrected chi connectivity index (χ3v) is 4.60. The molecular formula is C16H10ClFN4S. The summed E-state index contributed by atoms with van der Waals surface area (Å²) >= 11 is 7.60. The Morgan fingerprint density at radius 1 is 1.04 bits per heavy atom. The number of benzene rings is 2. The highest BCUT2D eigenvalue weighted by molar-refractivity contribution is 7.99. The van der Waals surface area contributed by atoms with Crippen LogP contribution in [0.15, 0.2) is 58.8 Å². The number of thioether (sulfide) groups is 1. The van der Waals surface area contributed by atoms with Gasteiger partial charge >= 0.3 is 0 Å². The smallest absolute Gasteiger partial charge is 0.207 e. The van der Waals surface area contributed by atoms with E-state index in [4.69, 9.17) is 11.6 Å². The van der Waals surface area contributed by atoms with Crippen molar-refractivity contribution in [2.45, 2.75) is 5.16 Å². The molecule has 3 aromatic rings. The van der Waals surface area contributed by atoms with Crippen molar-refractivity contribution in [3.05, 3.63) is 64.9 Å². The van der Waals surface area contributed by atoms with E-state index in [0.717, 1.165) is 22.0 Å². The van der Waals surface area contributed by atoms with Crippen LogP contribution in [0.4, 0.5) is 4.39 Å². The van der Waals surface area contributed by atoms with Gasteiger partial charge in [-0.15, -0.1) is 10.2 Å². The van der Waals surface area contributed by atoms with E-state index in [-0.39, 0.29) is 5.82 Å². The molecule has 4 nitrogen and oxygen atoms in total. The Hall–Kier alpha value is -2.18. The summed E-state index contributed by atoms with van der Waals surface area (Å²) in [7, 11) is 0. The summed E-state index contributed by atoms with van der Waals surface area (Å²) in [6.07, 6.45) is 0. The van der Waals surface area contributed by atoms with Gasteiger partial charge in [0.2, 0.25) is 5.16 Å². The summed E-state index contributed by atoms with van der Waals surface area (Å²) in [6, 6.07) is 13.7. The number of aromatic nitrogens is 3. The maximum absolute atomic E-state index is 13.1. The lowest BCUT2D eigenvalue weighted by Gasteiger charge is -2.14. The molecule has 7 heteroatoms. The van der Waals surface area contributed by atoms with Crippen molar-refractivity contribution in [1.82, 2.24) is 14.9 Å². The van der Waals surface area contributed by atoms with Gasteiger partial charge in [0.25, 0.3) is 0 Å². The fourth-order valence-corrected chi connectivity index (χ4v) is 3.35. The minimum atomic E-state index is -0.262. The normalized spacial score (nSPS) is 13.6. The Balaban J connectivity index is 1.79. The predicted octanol–water partition coefficient (Wildman–Crippen LogP) is 4.10. The van der Waals surface area contributed by atoms with Crippen LogP contribution in [0.1, 0.15) is 5.56 Å². The number of hydrogen-bond donors (Lipinski definition) is 0. The summed E-state index contributed by atoms with van der Waals surface area (Å²) < 4.78 is 14.8. The molecule has 0 unspecified atom stereocenters. The van der Waals surface area contributed by atoms with Crippen molar-refractivity contribution in [3.63, 3.8) is 0 Å². The maximum Gasteiger partial charge on any atom is 0.212 e. The van der Waals surface area contributed by atoms with Crippen LogP contribution in [0.2, 0.25) is 5.02 Å². The van der Waals surface area contributed by atoms with Gasteiger partial charge in [-0.2, -0.15) is 9.78 Å². The monoisotopic (exact) mass is 344 g/mol. The fraction of sp³-hybridized carbons (Fsp3) is 0.0625. The second-order valence-corrected chi connectivity index (χ2v) is 6.35. The summed E-state index contributed by atoms with van der Waals surface area (Å²) in [5, 5.41) is 14.4. The van der Waals surface area contributed by atoms with Gasteiger partial charge in [0.15, 0.2) is 5.82 Å². The van der Waals surface area contributed by atoms with Gasteiger partial charge in [-0.05, 0) is 29.8 Å². The molecule has 2 aromatic carbocycles. The second-order valence-electron chi connectivity index (χ2n) is 4.97. The molecule has 0 saturated carbocycles. The minimum Gasteiger partial charge on any atom is -0.207 e. The minimum absolute atomic E-state index is 0.262. The molecule has 0 N–H and O–H groups in total.